The van der Waals surface area contributed by atoms with Crippen molar-refractivity contribution in [3.63, 3.8) is 0 Å². The van der Waals surface area contributed by atoms with Crippen LogP contribution in [-0.2, 0) is 0 Å². The van der Waals surface area contributed by atoms with E-state index in [0.717, 1.165) is 31.9 Å². The number of thiophene rings is 1. The molecule has 2 heterocycles. The Hall–Kier alpha value is -1.42. The molecule has 0 saturated carbocycles. The van der Waals surface area contributed by atoms with Gasteiger partial charge in [-0.05, 0) is 23.9 Å². The summed E-state index contributed by atoms with van der Waals surface area (Å²) in [6.07, 6.45) is 1.79. The summed E-state index contributed by atoms with van der Waals surface area (Å²) >= 11 is 7.92. The van der Waals surface area contributed by atoms with Crippen molar-refractivity contribution in [2.24, 2.45) is 5.73 Å². The van der Waals surface area contributed by atoms with Gasteiger partial charge in [-0.15, -0.1) is 11.3 Å². The third-order valence-electron chi connectivity index (χ3n) is 3.21. The van der Waals surface area contributed by atoms with Gasteiger partial charge in [0.2, 0.25) is 0 Å². The molecular formula is C15H13ClN2S. The largest absolute Gasteiger partial charge is 0.319 e. The predicted molar refractivity (Wildman–Crippen MR) is 81.8 cm³/mol. The third-order valence-corrected chi connectivity index (χ3v) is 5.00. The highest BCUT2D eigenvalue weighted by molar-refractivity contribution is 7.10. The lowest BCUT2D eigenvalue weighted by Crippen LogP contribution is -2.11. The first-order valence-corrected chi connectivity index (χ1v) is 7.27. The summed E-state index contributed by atoms with van der Waals surface area (Å²) < 4.78 is 0. The van der Waals surface area contributed by atoms with Crippen LogP contribution in [0.3, 0.4) is 0 Å². The number of benzene rings is 1. The van der Waals surface area contributed by atoms with Gasteiger partial charge in [0.1, 0.15) is 0 Å². The molecule has 1 atom stereocenters. The molecule has 0 aliphatic heterocycles. The molecule has 0 aliphatic rings. The minimum absolute atomic E-state index is 0.232. The number of nitrogens with two attached hydrogens (primary N) is 1. The average Bonchev–Trinajstić information content (AvgIpc) is 2.78. The molecule has 3 rings (SSSR count). The Balaban J connectivity index is 2.17. The van der Waals surface area contributed by atoms with Gasteiger partial charge >= 0.3 is 0 Å². The van der Waals surface area contributed by atoms with E-state index < -0.39 is 0 Å². The van der Waals surface area contributed by atoms with Gasteiger partial charge in [0.15, 0.2) is 0 Å². The van der Waals surface area contributed by atoms with E-state index in [4.69, 9.17) is 17.3 Å². The van der Waals surface area contributed by atoms with Crippen LogP contribution >= 0.6 is 22.9 Å². The van der Waals surface area contributed by atoms with Crippen LogP contribution in [0, 0.1) is 6.92 Å². The fourth-order valence-corrected chi connectivity index (χ4v) is 3.51. The molecule has 0 aliphatic carbocycles. The van der Waals surface area contributed by atoms with Gasteiger partial charge < -0.3 is 5.73 Å². The molecule has 2 N–H and O–H groups in total. The quantitative estimate of drug-likeness (QED) is 0.763. The second kappa shape index (κ2) is 4.93. The molecule has 2 aromatic heterocycles. The zero-order chi connectivity index (χ0) is 13.4. The summed E-state index contributed by atoms with van der Waals surface area (Å²) in [5.74, 6) is 0. The molecule has 0 bridgehead atoms. The van der Waals surface area contributed by atoms with Crippen LogP contribution < -0.4 is 5.73 Å². The van der Waals surface area contributed by atoms with Crippen LogP contribution in [-0.4, -0.2) is 4.98 Å². The Morgan fingerprint density at radius 2 is 2.05 bits per heavy atom. The van der Waals surface area contributed by atoms with Crippen LogP contribution in [0.2, 0.25) is 5.02 Å². The highest BCUT2D eigenvalue weighted by Crippen LogP contribution is 2.36. The molecule has 0 spiro atoms. The lowest BCUT2D eigenvalue weighted by Gasteiger charge is -2.13. The second-order valence-corrected chi connectivity index (χ2v) is 5.79. The van der Waals surface area contributed by atoms with Crippen molar-refractivity contribution in [2.45, 2.75) is 13.0 Å². The Labute approximate surface area is 120 Å². The molecule has 4 heteroatoms. The second-order valence-electron chi connectivity index (χ2n) is 4.50. The molecule has 3 aromatic rings. The number of para-hydroxylation sites is 1. The standard InChI is InChI=1S/C15H13ClN2S/c1-9-8-19-15(12(9)16)13(17)11-6-2-4-10-5-3-7-18-14(10)11/h2-8,13H,17H2,1H3. The highest BCUT2D eigenvalue weighted by Gasteiger charge is 2.18. The third kappa shape index (κ3) is 2.14. The summed E-state index contributed by atoms with van der Waals surface area (Å²) in [4.78, 5) is 5.44. The van der Waals surface area contributed by atoms with Gasteiger partial charge in [-0.1, -0.05) is 35.9 Å². The molecule has 1 aromatic carbocycles. The minimum Gasteiger partial charge on any atom is -0.319 e. The van der Waals surface area contributed by atoms with Gasteiger partial charge in [-0.3, -0.25) is 4.98 Å². The number of hydrogen-bond acceptors (Lipinski definition) is 3. The normalized spacial score (nSPS) is 12.8. The Bertz CT molecular complexity index is 731. The van der Waals surface area contributed by atoms with Crippen molar-refractivity contribution >= 4 is 33.8 Å². The van der Waals surface area contributed by atoms with E-state index in [2.05, 4.69) is 4.98 Å². The van der Waals surface area contributed by atoms with E-state index in [1.807, 2.05) is 42.6 Å². The predicted octanol–water partition coefficient (Wildman–Crippen LogP) is 4.31. The minimum atomic E-state index is -0.232. The first-order chi connectivity index (χ1) is 9.18. The zero-order valence-corrected chi connectivity index (χ0v) is 12.0. The van der Waals surface area contributed by atoms with E-state index in [-0.39, 0.29) is 6.04 Å². The van der Waals surface area contributed by atoms with E-state index >= 15 is 0 Å². The molecule has 2 nitrogen and oxygen atoms in total. The SMILES string of the molecule is Cc1csc(C(N)c2cccc3cccnc23)c1Cl. The summed E-state index contributed by atoms with van der Waals surface area (Å²) in [6.45, 7) is 2.00. The smallest absolute Gasteiger partial charge is 0.0753 e. The van der Waals surface area contributed by atoms with Crippen LogP contribution in [0.25, 0.3) is 10.9 Å². The Morgan fingerprint density at radius 1 is 1.26 bits per heavy atom. The first-order valence-electron chi connectivity index (χ1n) is 6.01. The summed E-state index contributed by atoms with van der Waals surface area (Å²) in [7, 11) is 0. The van der Waals surface area contributed by atoms with Crippen LogP contribution in [0.15, 0.2) is 41.9 Å². The van der Waals surface area contributed by atoms with Crippen LogP contribution in [0.1, 0.15) is 22.0 Å². The van der Waals surface area contributed by atoms with Crippen molar-refractivity contribution < 1.29 is 0 Å². The number of nitrogens with zero attached hydrogens (tertiary/aromatic N) is 1. The molecule has 96 valence electrons. The average molecular weight is 289 g/mol. The fourth-order valence-electron chi connectivity index (χ4n) is 2.18. The van der Waals surface area contributed by atoms with Gasteiger partial charge in [-0.25, -0.2) is 0 Å². The molecule has 1 unspecified atom stereocenters. The van der Waals surface area contributed by atoms with Crippen molar-refractivity contribution in [2.75, 3.05) is 0 Å². The van der Waals surface area contributed by atoms with Crippen LogP contribution in [0.5, 0.6) is 0 Å². The van der Waals surface area contributed by atoms with E-state index in [1.54, 1.807) is 17.5 Å². The van der Waals surface area contributed by atoms with Crippen molar-refractivity contribution in [3.05, 3.63) is 62.9 Å². The molecule has 0 fully saturated rings. The van der Waals surface area contributed by atoms with Gasteiger partial charge in [0.25, 0.3) is 0 Å². The molecule has 0 saturated heterocycles. The maximum absolute atomic E-state index is 6.38. The van der Waals surface area contributed by atoms with E-state index in [1.165, 1.54) is 0 Å². The zero-order valence-electron chi connectivity index (χ0n) is 10.4. The van der Waals surface area contributed by atoms with E-state index in [9.17, 15) is 0 Å². The highest BCUT2D eigenvalue weighted by atomic mass is 35.5. The number of pyridine rings is 1. The van der Waals surface area contributed by atoms with Crippen molar-refractivity contribution in [3.8, 4) is 0 Å². The number of fused-ring (bicyclic) bond motifs is 1. The first kappa shape index (κ1) is 12.6. The van der Waals surface area contributed by atoms with Crippen molar-refractivity contribution in [1.82, 2.24) is 4.98 Å². The number of hydrogen-bond donors (Lipinski definition) is 1. The number of aryl methyl sites for hydroxylation is 1. The topological polar surface area (TPSA) is 38.9 Å². The lowest BCUT2D eigenvalue weighted by atomic mass is 10.0. The Kier molecular flexibility index (Phi) is 3.27. The summed E-state index contributed by atoms with van der Waals surface area (Å²) in [6, 6.07) is 9.81. The monoisotopic (exact) mass is 288 g/mol. The number of rotatable bonds is 2. The summed E-state index contributed by atoms with van der Waals surface area (Å²) in [5, 5.41) is 3.90. The lowest BCUT2D eigenvalue weighted by molar-refractivity contribution is 0.899. The maximum Gasteiger partial charge on any atom is 0.0753 e. The fraction of sp³-hybridized carbons (Fsp3) is 0.133. The molecular weight excluding hydrogens is 276 g/mol. The van der Waals surface area contributed by atoms with Gasteiger partial charge in [0, 0.05) is 22.0 Å². The van der Waals surface area contributed by atoms with Gasteiger partial charge in [0.05, 0.1) is 16.6 Å². The molecule has 0 radical (unpaired) electrons. The molecule has 19 heavy (non-hydrogen) atoms. The Morgan fingerprint density at radius 3 is 2.79 bits per heavy atom. The van der Waals surface area contributed by atoms with E-state index in [0.29, 0.717) is 0 Å². The van der Waals surface area contributed by atoms with Crippen molar-refractivity contribution in [1.29, 1.82) is 0 Å². The van der Waals surface area contributed by atoms with Gasteiger partial charge in [-0.2, -0.15) is 0 Å². The number of halogens is 1. The molecule has 0 amide bonds. The maximum atomic E-state index is 6.38. The summed E-state index contributed by atoms with van der Waals surface area (Å²) in [5.41, 5.74) is 9.42. The number of aromatic nitrogens is 1. The van der Waals surface area contributed by atoms with Crippen LogP contribution in [0.4, 0.5) is 0 Å².